The Labute approximate surface area is 199 Å². The highest BCUT2D eigenvalue weighted by Gasteiger charge is 2.49. The Morgan fingerprint density at radius 1 is 1.26 bits per heavy atom. The lowest BCUT2D eigenvalue weighted by molar-refractivity contribution is -0.133. The Morgan fingerprint density at radius 2 is 1.97 bits per heavy atom. The zero-order chi connectivity index (χ0) is 24.6. The maximum Gasteiger partial charge on any atom is 0.325 e. The van der Waals surface area contributed by atoms with Crippen molar-refractivity contribution >= 4 is 23.5 Å². The minimum atomic E-state index is -1.24. The lowest BCUT2D eigenvalue weighted by Crippen LogP contribution is -2.42. The first-order valence-electron chi connectivity index (χ1n) is 11.6. The van der Waals surface area contributed by atoms with Crippen molar-refractivity contribution in [1.82, 2.24) is 10.2 Å². The second-order valence-corrected chi connectivity index (χ2v) is 9.29. The van der Waals surface area contributed by atoms with E-state index in [9.17, 15) is 14.4 Å². The molecule has 0 saturated carbocycles. The molecule has 2 aromatic carbocycles. The quantitative estimate of drug-likeness (QED) is 0.604. The summed E-state index contributed by atoms with van der Waals surface area (Å²) in [5.41, 5.74) is 2.03. The Kier molecular flexibility index (Phi) is 6.25. The monoisotopic (exact) mass is 465 g/mol. The van der Waals surface area contributed by atoms with Gasteiger partial charge in [-0.15, -0.1) is 0 Å². The fourth-order valence-electron chi connectivity index (χ4n) is 4.38. The number of carbonyl (C=O) groups is 3. The standard InChI is InChI=1S/C26H31N3O5/c1-6-33-22-12-18-11-16(4)34-21(18)13-20(22)27-23(30)14-29-24(31)26(5,28-25(29)32)19-9-7-17(8-10-19)15(2)3/h7-10,12-13,15-16H,6,11,14H2,1-5H3,(H,27,30)(H,28,32)/t16-,26+/m1/s1. The van der Waals surface area contributed by atoms with Crippen LogP contribution in [0.15, 0.2) is 36.4 Å². The van der Waals surface area contributed by atoms with E-state index in [1.54, 1.807) is 13.0 Å². The highest BCUT2D eigenvalue weighted by molar-refractivity contribution is 6.10. The van der Waals surface area contributed by atoms with E-state index in [1.165, 1.54) is 0 Å². The van der Waals surface area contributed by atoms with Crippen LogP contribution >= 0.6 is 0 Å². The smallest absolute Gasteiger partial charge is 0.325 e. The number of benzene rings is 2. The van der Waals surface area contributed by atoms with Gasteiger partial charge in [-0.1, -0.05) is 38.1 Å². The second kappa shape index (κ2) is 9.00. The number of carbonyl (C=O) groups excluding carboxylic acids is 3. The molecule has 2 N–H and O–H groups in total. The van der Waals surface area contributed by atoms with Crippen molar-refractivity contribution in [2.24, 2.45) is 0 Å². The van der Waals surface area contributed by atoms with Gasteiger partial charge in [0.25, 0.3) is 5.91 Å². The zero-order valence-corrected chi connectivity index (χ0v) is 20.2. The molecular weight excluding hydrogens is 434 g/mol. The third-order valence-corrected chi connectivity index (χ3v) is 6.30. The summed E-state index contributed by atoms with van der Waals surface area (Å²) in [5.74, 6) is 0.597. The average Bonchev–Trinajstić information content (AvgIpc) is 3.25. The largest absolute Gasteiger partial charge is 0.492 e. The molecule has 2 aliphatic rings. The van der Waals surface area contributed by atoms with Gasteiger partial charge in [0.2, 0.25) is 5.91 Å². The number of ether oxygens (including phenoxy) is 2. The molecule has 8 heteroatoms. The van der Waals surface area contributed by atoms with Gasteiger partial charge in [0.1, 0.15) is 29.7 Å². The van der Waals surface area contributed by atoms with Gasteiger partial charge in [-0.25, -0.2) is 4.79 Å². The number of urea groups is 1. The van der Waals surface area contributed by atoms with Crippen LogP contribution < -0.4 is 20.1 Å². The number of nitrogens with one attached hydrogen (secondary N) is 2. The summed E-state index contributed by atoms with van der Waals surface area (Å²) in [6, 6.07) is 10.6. The number of imide groups is 1. The molecule has 4 rings (SSSR count). The van der Waals surface area contributed by atoms with Crippen LogP contribution in [0.5, 0.6) is 11.5 Å². The lowest BCUT2D eigenvalue weighted by Gasteiger charge is -2.23. The van der Waals surface area contributed by atoms with Crippen LogP contribution in [0.25, 0.3) is 0 Å². The van der Waals surface area contributed by atoms with Crippen LogP contribution in [-0.4, -0.2) is 42.0 Å². The van der Waals surface area contributed by atoms with Crippen molar-refractivity contribution in [3.05, 3.63) is 53.1 Å². The highest BCUT2D eigenvalue weighted by atomic mass is 16.5. The first kappa shape index (κ1) is 23.6. The Morgan fingerprint density at radius 3 is 2.62 bits per heavy atom. The fourth-order valence-corrected chi connectivity index (χ4v) is 4.38. The summed E-state index contributed by atoms with van der Waals surface area (Å²) >= 11 is 0. The molecule has 180 valence electrons. The molecule has 34 heavy (non-hydrogen) atoms. The number of fused-ring (bicyclic) bond motifs is 1. The third kappa shape index (κ3) is 4.32. The Balaban J connectivity index is 1.50. The molecule has 1 saturated heterocycles. The highest BCUT2D eigenvalue weighted by Crippen LogP contribution is 2.38. The van der Waals surface area contributed by atoms with Crippen molar-refractivity contribution in [3.63, 3.8) is 0 Å². The number of amides is 4. The molecule has 2 atom stereocenters. The SMILES string of the molecule is CCOc1cc2c(cc1NC(=O)CN1C(=O)N[C@@](C)(c3ccc(C(C)C)cc3)C1=O)O[C@H](C)C2. The van der Waals surface area contributed by atoms with E-state index in [2.05, 4.69) is 24.5 Å². The number of rotatable bonds is 7. The van der Waals surface area contributed by atoms with Gasteiger partial charge in [-0.2, -0.15) is 0 Å². The van der Waals surface area contributed by atoms with Crippen molar-refractivity contribution < 1.29 is 23.9 Å². The van der Waals surface area contributed by atoms with Crippen molar-refractivity contribution in [1.29, 1.82) is 0 Å². The molecule has 0 radical (unpaired) electrons. The molecule has 0 bridgehead atoms. The maximum absolute atomic E-state index is 13.2. The minimum absolute atomic E-state index is 0.0497. The molecule has 1 fully saturated rings. The van der Waals surface area contributed by atoms with Crippen LogP contribution in [0.3, 0.4) is 0 Å². The summed E-state index contributed by atoms with van der Waals surface area (Å²) in [6.45, 7) is 9.68. The van der Waals surface area contributed by atoms with Gasteiger partial charge in [-0.05, 0) is 43.9 Å². The maximum atomic E-state index is 13.2. The van der Waals surface area contributed by atoms with E-state index in [-0.39, 0.29) is 6.10 Å². The van der Waals surface area contributed by atoms with E-state index in [0.29, 0.717) is 35.3 Å². The van der Waals surface area contributed by atoms with E-state index in [4.69, 9.17) is 9.47 Å². The van der Waals surface area contributed by atoms with E-state index in [0.717, 1.165) is 22.4 Å². The van der Waals surface area contributed by atoms with Gasteiger partial charge in [0.15, 0.2) is 0 Å². The summed E-state index contributed by atoms with van der Waals surface area (Å²) in [4.78, 5) is 39.7. The average molecular weight is 466 g/mol. The third-order valence-electron chi connectivity index (χ3n) is 6.30. The van der Waals surface area contributed by atoms with Crippen LogP contribution in [0.2, 0.25) is 0 Å². The van der Waals surface area contributed by atoms with Crippen molar-refractivity contribution in [2.75, 3.05) is 18.5 Å². The second-order valence-electron chi connectivity index (χ2n) is 9.29. The predicted molar refractivity (Wildman–Crippen MR) is 128 cm³/mol. The topological polar surface area (TPSA) is 97.0 Å². The fraction of sp³-hybridized carbons (Fsp3) is 0.423. The van der Waals surface area contributed by atoms with Gasteiger partial charge in [0.05, 0.1) is 12.3 Å². The lowest BCUT2D eigenvalue weighted by atomic mass is 9.90. The van der Waals surface area contributed by atoms with Crippen molar-refractivity contribution in [2.45, 2.75) is 58.6 Å². The number of hydrogen-bond acceptors (Lipinski definition) is 5. The minimum Gasteiger partial charge on any atom is -0.492 e. The first-order chi connectivity index (χ1) is 16.1. The van der Waals surface area contributed by atoms with Crippen LogP contribution in [0, 0.1) is 0 Å². The van der Waals surface area contributed by atoms with E-state index >= 15 is 0 Å². The number of nitrogens with zero attached hydrogens (tertiary/aromatic N) is 1. The summed E-state index contributed by atoms with van der Waals surface area (Å²) < 4.78 is 11.5. The molecule has 0 aromatic heterocycles. The molecule has 8 nitrogen and oxygen atoms in total. The Bertz CT molecular complexity index is 1130. The molecule has 2 aliphatic heterocycles. The van der Waals surface area contributed by atoms with Crippen LogP contribution in [-0.2, 0) is 21.5 Å². The van der Waals surface area contributed by atoms with Gasteiger partial charge < -0.3 is 20.1 Å². The molecule has 4 amide bonds. The van der Waals surface area contributed by atoms with Crippen molar-refractivity contribution in [3.8, 4) is 11.5 Å². The van der Waals surface area contributed by atoms with E-state index in [1.807, 2.05) is 44.2 Å². The van der Waals surface area contributed by atoms with E-state index < -0.39 is 29.9 Å². The first-order valence-corrected chi connectivity index (χ1v) is 11.6. The predicted octanol–water partition coefficient (Wildman–Crippen LogP) is 3.94. The number of anilines is 1. The molecule has 0 unspecified atom stereocenters. The normalized spacial score (nSPS) is 21.4. The van der Waals surface area contributed by atoms with Gasteiger partial charge in [0, 0.05) is 18.1 Å². The summed E-state index contributed by atoms with van der Waals surface area (Å²) in [7, 11) is 0. The van der Waals surface area contributed by atoms with Gasteiger partial charge in [-0.3, -0.25) is 14.5 Å². The summed E-state index contributed by atoms with van der Waals surface area (Å²) in [5, 5.41) is 5.52. The van der Waals surface area contributed by atoms with Gasteiger partial charge >= 0.3 is 6.03 Å². The summed E-state index contributed by atoms with van der Waals surface area (Å²) in [6.07, 6.45) is 0.816. The molecule has 0 spiro atoms. The Hall–Kier alpha value is -3.55. The zero-order valence-electron chi connectivity index (χ0n) is 20.2. The molecular formula is C26H31N3O5. The van der Waals surface area contributed by atoms with Crippen LogP contribution in [0.4, 0.5) is 10.5 Å². The molecule has 2 aromatic rings. The molecule has 0 aliphatic carbocycles. The van der Waals surface area contributed by atoms with Crippen LogP contribution in [0.1, 0.15) is 57.2 Å². The number of hydrogen-bond donors (Lipinski definition) is 2. The molecule has 2 heterocycles.